The molecular formula is C12H20N4O5S. The van der Waals surface area contributed by atoms with E-state index in [2.05, 4.69) is 9.97 Å². The first-order chi connectivity index (χ1) is 10.2. The van der Waals surface area contributed by atoms with E-state index in [0.717, 1.165) is 6.33 Å². The zero-order chi connectivity index (χ0) is 17.0. The van der Waals surface area contributed by atoms with Crippen molar-refractivity contribution in [3.63, 3.8) is 0 Å². The van der Waals surface area contributed by atoms with E-state index >= 15 is 0 Å². The van der Waals surface area contributed by atoms with Gasteiger partial charge in [-0.1, -0.05) is 13.8 Å². The van der Waals surface area contributed by atoms with Crippen LogP contribution in [0.3, 0.4) is 0 Å². The standard InChI is InChI=1S/C12H20N4O5S/c1-4-12(5-2,11(17)21-6-3)9-8(16-22(18,19)20)10(13)15-7-14-9/h7,16H,4-6H2,1-3H3,(H2,13,14,15)(H,18,19,20). The van der Waals surface area contributed by atoms with Crippen LogP contribution in [0.25, 0.3) is 0 Å². The lowest BCUT2D eigenvalue weighted by Crippen LogP contribution is -2.38. The van der Waals surface area contributed by atoms with Crippen LogP contribution in [-0.2, 0) is 25.3 Å². The number of carbonyl (C=O) groups excluding carboxylic acids is 1. The highest BCUT2D eigenvalue weighted by Crippen LogP contribution is 2.38. The lowest BCUT2D eigenvalue weighted by Gasteiger charge is -2.30. The second-order valence-corrected chi connectivity index (χ2v) is 5.72. The van der Waals surface area contributed by atoms with Gasteiger partial charge in [-0.2, -0.15) is 8.42 Å². The van der Waals surface area contributed by atoms with Crippen LogP contribution in [0.5, 0.6) is 0 Å². The summed E-state index contributed by atoms with van der Waals surface area (Å²) < 4.78 is 38.2. The van der Waals surface area contributed by atoms with E-state index in [1.807, 2.05) is 4.72 Å². The summed E-state index contributed by atoms with van der Waals surface area (Å²) in [5.41, 5.74) is 4.32. The van der Waals surface area contributed by atoms with E-state index in [1.54, 1.807) is 20.8 Å². The summed E-state index contributed by atoms with van der Waals surface area (Å²) in [5, 5.41) is 0. The first kappa shape index (κ1) is 18.1. The van der Waals surface area contributed by atoms with Gasteiger partial charge in [-0.05, 0) is 19.8 Å². The van der Waals surface area contributed by atoms with Crippen LogP contribution < -0.4 is 10.5 Å². The number of aromatic nitrogens is 2. The second-order valence-electron chi connectivity index (χ2n) is 4.57. The smallest absolute Gasteiger partial charge is 0.357 e. The molecule has 0 aliphatic heterocycles. The third-order valence-corrected chi connectivity index (χ3v) is 3.90. The van der Waals surface area contributed by atoms with Gasteiger partial charge in [-0.25, -0.2) is 9.97 Å². The van der Waals surface area contributed by atoms with Crippen LogP contribution in [0.15, 0.2) is 6.33 Å². The molecule has 0 atom stereocenters. The molecule has 0 saturated carbocycles. The van der Waals surface area contributed by atoms with Crippen LogP contribution in [0.2, 0.25) is 0 Å². The van der Waals surface area contributed by atoms with E-state index in [0.29, 0.717) is 12.8 Å². The Labute approximate surface area is 129 Å². The maximum Gasteiger partial charge on any atom is 0.357 e. The predicted molar refractivity (Wildman–Crippen MR) is 80.5 cm³/mol. The molecule has 10 heteroatoms. The number of esters is 1. The van der Waals surface area contributed by atoms with Gasteiger partial charge in [0.25, 0.3) is 0 Å². The molecule has 0 saturated heterocycles. The number of anilines is 2. The third kappa shape index (κ3) is 3.63. The minimum Gasteiger partial charge on any atom is -0.465 e. The minimum atomic E-state index is -4.60. The summed E-state index contributed by atoms with van der Waals surface area (Å²) in [4.78, 5) is 20.1. The number of nitrogens with one attached hydrogen (secondary N) is 1. The SMILES string of the molecule is CCOC(=O)C(CC)(CC)c1ncnc(N)c1NS(=O)(=O)O. The lowest BCUT2D eigenvalue weighted by atomic mass is 9.78. The topological polar surface area (TPSA) is 144 Å². The highest BCUT2D eigenvalue weighted by molar-refractivity contribution is 7.87. The van der Waals surface area contributed by atoms with Crippen LogP contribution >= 0.6 is 0 Å². The molecule has 0 aliphatic rings. The molecule has 0 fully saturated rings. The Balaban J connectivity index is 3.56. The Bertz CT molecular complexity index is 643. The number of rotatable bonds is 7. The maximum atomic E-state index is 12.4. The van der Waals surface area contributed by atoms with E-state index in [9.17, 15) is 13.2 Å². The van der Waals surface area contributed by atoms with Crippen LogP contribution in [0, 0.1) is 0 Å². The van der Waals surface area contributed by atoms with E-state index in [-0.39, 0.29) is 23.8 Å². The molecule has 1 aromatic rings. The average molecular weight is 332 g/mol. The average Bonchev–Trinajstić information content (AvgIpc) is 2.43. The molecule has 1 heterocycles. The number of nitrogen functional groups attached to an aromatic ring is 1. The van der Waals surface area contributed by atoms with Gasteiger partial charge in [0.05, 0.1) is 12.3 Å². The van der Waals surface area contributed by atoms with Crippen molar-refractivity contribution in [2.75, 3.05) is 17.1 Å². The number of hydrogen-bond acceptors (Lipinski definition) is 7. The minimum absolute atomic E-state index is 0.0704. The molecule has 9 nitrogen and oxygen atoms in total. The molecule has 1 rings (SSSR count). The largest absolute Gasteiger partial charge is 0.465 e. The molecule has 22 heavy (non-hydrogen) atoms. The fraction of sp³-hybridized carbons (Fsp3) is 0.583. The number of nitrogens with two attached hydrogens (primary N) is 1. The fourth-order valence-electron chi connectivity index (χ4n) is 2.23. The van der Waals surface area contributed by atoms with Gasteiger partial charge in [0.2, 0.25) is 0 Å². The molecule has 0 radical (unpaired) electrons. The van der Waals surface area contributed by atoms with Crippen molar-refractivity contribution >= 4 is 27.8 Å². The molecular weight excluding hydrogens is 312 g/mol. The van der Waals surface area contributed by atoms with Crippen molar-refractivity contribution < 1.29 is 22.5 Å². The van der Waals surface area contributed by atoms with Gasteiger partial charge in [0, 0.05) is 0 Å². The Kier molecular flexibility index (Phi) is 5.66. The molecule has 0 aromatic carbocycles. The Morgan fingerprint density at radius 3 is 2.41 bits per heavy atom. The quantitative estimate of drug-likeness (QED) is 0.493. The highest BCUT2D eigenvalue weighted by atomic mass is 32.2. The lowest BCUT2D eigenvalue weighted by molar-refractivity contribution is -0.150. The molecule has 1 aromatic heterocycles. The van der Waals surface area contributed by atoms with Crippen molar-refractivity contribution in [2.45, 2.75) is 39.0 Å². The summed E-state index contributed by atoms with van der Waals surface area (Å²) in [6.45, 7) is 5.33. The summed E-state index contributed by atoms with van der Waals surface area (Å²) in [6, 6.07) is 0. The molecule has 0 unspecified atom stereocenters. The maximum absolute atomic E-state index is 12.4. The molecule has 0 amide bonds. The van der Waals surface area contributed by atoms with Gasteiger partial charge >= 0.3 is 16.3 Å². The molecule has 0 bridgehead atoms. The zero-order valence-electron chi connectivity index (χ0n) is 12.7. The normalized spacial score (nSPS) is 12.0. The summed E-state index contributed by atoms with van der Waals surface area (Å²) in [6.07, 6.45) is 1.73. The van der Waals surface area contributed by atoms with Crippen molar-refractivity contribution in [1.29, 1.82) is 0 Å². The van der Waals surface area contributed by atoms with Gasteiger partial charge in [0.15, 0.2) is 5.82 Å². The van der Waals surface area contributed by atoms with Gasteiger partial charge in [-0.15, -0.1) is 0 Å². The van der Waals surface area contributed by atoms with Crippen molar-refractivity contribution in [1.82, 2.24) is 9.97 Å². The molecule has 4 N–H and O–H groups in total. The van der Waals surface area contributed by atoms with Gasteiger partial charge in [-0.3, -0.25) is 14.1 Å². The number of hydrogen-bond donors (Lipinski definition) is 3. The highest BCUT2D eigenvalue weighted by Gasteiger charge is 2.42. The van der Waals surface area contributed by atoms with Gasteiger partial charge in [0.1, 0.15) is 17.4 Å². The first-order valence-corrected chi connectivity index (χ1v) is 8.19. The van der Waals surface area contributed by atoms with E-state index < -0.39 is 21.7 Å². The predicted octanol–water partition coefficient (Wildman–Crippen LogP) is 0.894. The Morgan fingerprint density at radius 2 is 1.95 bits per heavy atom. The van der Waals surface area contributed by atoms with E-state index in [4.69, 9.17) is 15.0 Å². The van der Waals surface area contributed by atoms with Crippen molar-refractivity contribution in [3.8, 4) is 0 Å². The van der Waals surface area contributed by atoms with Crippen molar-refractivity contribution in [3.05, 3.63) is 12.0 Å². The summed E-state index contributed by atoms with van der Waals surface area (Å²) >= 11 is 0. The van der Waals surface area contributed by atoms with E-state index in [1.165, 1.54) is 0 Å². The van der Waals surface area contributed by atoms with Crippen LogP contribution in [-0.4, -0.2) is 35.5 Å². The Hall–Kier alpha value is -1.94. The zero-order valence-corrected chi connectivity index (χ0v) is 13.5. The van der Waals surface area contributed by atoms with Gasteiger partial charge < -0.3 is 10.5 Å². The first-order valence-electron chi connectivity index (χ1n) is 6.75. The molecule has 0 aliphatic carbocycles. The van der Waals surface area contributed by atoms with Crippen molar-refractivity contribution in [2.24, 2.45) is 0 Å². The summed E-state index contributed by atoms with van der Waals surface area (Å²) in [5.74, 6) is -0.741. The molecule has 0 spiro atoms. The third-order valence-electron chi connectivity index (χ3n) is 3.43. The number of carbonyl (C=O) groups is 1. The van der Waals surface area contributed by atoms with Crippen LogP contribution in [0.4, 0.5) is 11.5 Å². The summed E-state index contributed by atoms with van der Waals surface area (Å²) in [7, 11) is -4.60. The number of nitrogens with zero attached hydrogens (tertiary/aromatic N) is 2. The second kappa shape index (κ2) is 6.88. The monoisotopic (exact) mass is 332 g/mol. The fourth-order valence-corrected chi connectivity index (χ4v) is 2.69. The van der Waals surface area contributed by atoms with Crippen LogP contribution in [0.1, 0.15) is 39.3 Å². The number of ether oxygens (including phenoxy) is 1. The Morgan fingerprint density at radius 1 is 1.36 bits per heavy atom. The molecule has 124 valence electrons.